The van der Waals surface area contributed by atoms with E-state index in [0.29, 0.717) is 10.0 Å². The Kier molecular flexibility index (Phi) is 3.34. The lowest BCUT2D eigenvalue weighted by molar-refractivity contribution is 0.101. The number of hydrogen-bond acceptors (Lipinski definition) is 3. The predicted octanol–water partition coefficient (Wildman–Crippen LogP) is 2.58. The van der Waals surface area contributed by atoms with E-state index in [1.54, 1.807) is 0 Å². The largest absolute Gasteiger partial charge is 0.295 e. The molecule has 3 nitrogen and oxygen atoms in total. The highest BCUT2D eigenvalue weighted by Crippen LogP contribution is 2.22. The first kappa shape index (κ1) is 11.7. The lowest BCUT2D eigenvalue weighted by atomic mass is 10.2. The number of hydrogen-bond donors (Lipinski definition) is 0. The van der Waals surface area contributed by atoms with Gasteiger partial charge in [-0.1, -0.05) is 15.9 Å². The maximum atomic E-state index is 11.0. The van der Waals surface area contributed by atoms with Gasteiger partial charge in [0.15, 0.2) is 5.78 Å². The number of carbonyl (C=O) groups excluding carboxylic acids is 1. The van der Waals surface area contributed by atoms with E-state index >= 15 is 0 Å². The van der Waals surface area contributed by atoms with Crippen LogP contribution in [-0.2, 0) is 9.05 Å². The summed E-state index contributed by atoms with van der Waals surface area (Å²) < 4.78 is 22.5. The van der Waals surface area contributed by atoms with Crippen molar-refractivity contribution in [3.05, 3.63) is 28.2 Å². The molecule has 0 atom stereocenters. The average Bonchev–Trinajstić information content (AvgIpc) is 2.01. The third kappa shape index (κ3) is 2.80. The first-order chi connectivity index (χ1) is 6.30. The van der Waals surface area contributed by atoms with Crippen molar-refractivity contribution < 1.29 is 13.2 Å². The lowest BCUT2D eigenvalue weighted by Crippen LogP contribution is -1.97. The van der Waals surface area contributed by atoms with E-state index in [4.69, 9.17) is 10.7 Å². The Morgan fingerprint density at radius 1 is 1.36 bits per heavy atom. The second-order valence-corrected chi connectivity index (χ2v) is 6.15. The molecule has 76 valence electrons. The van der Waals surface area contributed by atoms with E-state index in [1.807, 2.05) is 0 Å². The van der Waals surface area contributed by atoms with Crippen LogP contribution in [0.3, 0.4) is 0 Å². The molecule has 6 heteroatoms. The molecular weight excluding hydrogens is 292 g/mol. The number of benzene rings is 1. The number of rotatable bonds is 2. The Balaban J connectivity index is 3.43. The van der Waals surface area contributed by atoms with E-state index in [9.17, 15) is 13.2 Å². The zero-order valence-electron chi connectivity index (χ0n) is 7.12. The first-order valence-corrected chi connectivity index (χ1v) is 6.67. The summed E-state index contributed by atoms with van der Waals surface area (Å²) in [6.07, 6.45) is 0. The van der Waals surface area contributed by atoms with E-state index in [1.165, 1.54) is 25.1 Å². The van der Waals surface area contributed by atoms with Crippen molar-refractivity contribution in [1.29, 1.82) is 0 Å². The fraction of sp³-hybridized carbons (Fsp3) is 0.125. The summed E-state index contributed by atoms with van der Waals surface area (Å²) in [4.78, 5) is 10.9. The Bertz CT molecular complexity index is 481. The Labute approximate surface area is 94.6 Å². The average molecular weight is 298 g/mol. The first-order valence-electron chi connectivity index (χ1n) is 3.57. The highest BCUT2D eigenvalue weighted by molar-refractivity contribution is 9.10. The van der Waals surface area contributed by atoms with Gasteiger partial charge in [-0.2, -0.15) is 0 Å². The van der Waals surface area contributed by atoms with Crippen LogP contribution in [0, 0.1) is 0 Å². The summed E-state index contributed by atoms with van der Waals surface area (Å²) in [5.41, 5.74) is 0.304. The molecule has 14 heavy (non-hydrogen) atoms. The molecule has 1 aromatic carbocycles. The molecule has 0 amide bonds. The van der Waals surface area contributed by atoms with Crippen LogP contribution in [0.5, 0.6) is 0 Å². The van der Waals surface area contributed by atoms with Crippen LogP contribution >= 0.6 is 26.6 Å². The molecule has 1 aromatic rings. The van der Waals surface area contributed by atoms with Gasteiger partial charge in [-0.25, -0.2) is 8.42 Å². The standard InChI is InChI=1S/C8H6BrClO3S/c1-5(11)6-2-7(9)4-8(3-6)14(10,12)13/h2-4H,1H3. The highest BCUT2D eigenvalue weighted by Gasteiger charge is 2.13. The van der Waals surface area contributed by atoms with E-state index in [0.717, 1.165) is 0 Å². The third-order valence-corrected chi connectivity index (χ3v) is 3.35. The second-order valence-electron chi connectivity index (χ2n) is 2.67. The van der Waals surface area contributed by atoms with Gasteiger partial charge in [-0.3, -0.25) is 4.79 Å². The summed E-state index contributed by atoms with van der Waals surface area (Å²) >= 11 is 3.10. The molecule has 0 saturated carbocycles. The van der Waals surface area contributed by atoms with Crippen LogP contribution < -0.4 is 0 Å². The van der Waals surface area contributed by atoms with Crippen molar-refractivity contribution in [3.63, 3.8) is 0 Å². The van der Waals surface area contributed by atoms with Gasteiger partial charge in [0.05, 0.1) is 4.90 Å². The van der Waals surface area contributed by atoms with Crippen molar-refractivity contribution in [2.75, 3.05) is 0 Å². The van der Waals surface area contributed by atoms with Gasteiger partial charge >= 0.3 is 0 Å². The van der Waals surface area contributed by atoms with E-state index in [2.05, 4.69) is 15.9 Å². The van der Waals surface area contributed by atoms with Gasteiger partial charge < -0.3 is 0 Å². The van der Waals surface area contributed by atoms with Crippen LogP contribution in [0.25, 0.3) is 0 Å². The Hall–Kier alpha value is -0.390. The molecule has 0 aromatic heterocycles. The smallest absolute Gasteiger partial charge is 0.261 e. The van der Waals surface area contributed by atoms with Crippen LogP contribution in [0.2, 0.25) is 0 Å². The summed E-state index contributed by atoms with van der Waals surface area (Å²) in [6.45, 7) is 1.35. The molecule has 0 bridgehead atoms. The molecular formula is C8H6BrClO3S. The maximum Gasteiger partial charge on any atom is 0.261 e. The molecule has 0 spiro atoms. The summed E-state index contributed by atoms with van der Waals surface area (Å²) in [5.74, 6) is -0.215. The van der Waals surface area contributed by atoms with Gasteiger partial charge in [-0.05, 0) is 25.1 Å². The SMILES string of the molecule is CC(=O)c1cc(Br)cc(S(=O)(=O)Cl)c1. The molecule has 0 heterocycles. The quantitative estimate of drug-likeness (QED) is 0.623. The fourth-order valence-electron chi connectivity index (χ4n) is 0.907. The minimum atomic E-state index is -3.79. The summed E-state index contributed by atoms with van der Waals surface area (Å²) in [5, 5.41) is 0. The molecule has 1 rings (SSSR count). The fourth-order valence-corrected chi connectivity index (χ4v) is 2.35. The summed E-state index contributed by atoms with van der Waals surface area (Å²) in [7, 11) is 1.36. The third-order valence-electron chi connectivity index (χ3n) is 1.56. The topological polar surface area (TPSA) is 51.2 Å². The second kappa shape index (κ2) is 4.00. The predicted molar refractivity (Wildman–Crippen MR) is 57.2 cm³/mol. The van der Waals surface area contributed by atoms with Crippen molar-refractivity contribution >= 4 is 41.4 Å². The van der Waals surface area contributed by atoms with Crippen molar-refractivity contribution in [1.82, 2.24) is 0 Å². The summed E-state index contributed by atoms with van der Waals surface area (Å²) in [6, 6.07) is 4.12. The Morgan fingerprint density at radius 2 is 1.93 bits per heavy atom. The van der Waals surface area contributed by atoms with Gasteiger partial charge in [0.25, 0.3) is 9.05 Å². The molecule has 0 aliphatic rings. The van der Waals surface area contributed by atoms with Crippen LogP contribution in [0.15, 0.2) is 27.6 Å². The van der Waals surface area contributed by atoms with Crippen LogP contribution in [-0.4, -0.2) is 14.2 Å². The zero-order chi connectivity index (χ0) is 10.9. The molecule has 0 N–H and O–H groups in total. The molecule has 0 radical (unpaired) electrons. The number of Topliss-reactive ketones (excluding diaryl/α,β-unsaturated/α-hetero) is 1. The van der Waals surface area contributed by atoms with Gasteiger partial charge in [0.1, 0.15) is 0 Å². The van der Waals surface area contributed by atoms with E-state index < -0.39 is 9.05 Å². The monoisotopic (exact) mass is 296 g/mol. The number of ketones is 1. The zero-order valence-corrected chi connectivity index (χ0v) is 10.3. The molecule has 0 aliphatic heterocycles. The normalized spacial score (nSPS) is 11.4. The molecule has 0 aliphatic carbocycles. The van der Waals surface area contributed by atoms with Crippen molar-refractivity contribution in [2.45, 2.75) is 11.8 Å². The minimum absolute atomic E-state index is 0.0845. The Morgan fingerprint density at radius 3 is 2.36 bits per heavy atom. The van der Waals surface area contributed by atoms with Gasteiger partial charge in [0, 0.05) is 20.7 Å². The van der Waals surface area contributed by atoms with Gasteiger partial charge in [0.2, 0.25) is 0 Å². The number of halogens is 2. The molecule has 0 unspecified atom stereocenters. The lowest BCUT2D eigenvalue weighted by Gasteiger charge is -2.01. The molecule has 0 saturated heterocycles. The van der Waals surface area contributed by atoms with Crippen LogP contribution in [0.1, 0.15) is 17.3 Å². The number of carbonyl (C=O) groups is 1. The minimum Gasteiger partial charge on any atom is -0.295 e. The van der Waals surface area contributed by atoms with Crippen molar-refractivity contribution in [3.8, 4) is 0 Å². The highest BCUT2D eigenvalue weighted by atomic mass is 79.9. The van der Waals surface area contributed by atoms with Crippen LogP contribution in [0.4, 0.5) is 0 Å². The van der Waals surface area contributed by atoms with Crippen molar-refractivity contribution in [2.24, 2.45) is 0 Å². The van der Waals surface area contributed by atoms with Gasteiger partial charge in [-0.15, -0.1) is 0 Å². The molecule has 0 fully saturated rings. The maximum absolute atomic E-state index is 11.0. The van der Waals surface area contributed by atoms with E-state index in [-0.39, 0.29) is 10.7 Å².